The second kappa shape index (κ2) is 10.8. The Morgan fingerprint density at radius 1 is 1.03 bits per heavy atom. The minimum atomic E-state index is -0.158. The quantitative estimate of drug-likeness (QED) is 0.478. The number of methoxy groups -OCH3 is 1. The summed E-state index contributed by atoms with van der Waals surface area (Å²) in [7, 11) is 1.59. The second-order valence-electron chi connectivity index (χ2n) is 7.18. The topological polar surface area (TPSA) is 98.1 Å². The third kappa shape index (κ3) is 5.88. The van der Waals surface area contributed by atoms with E-state index in [1.807, 2.05) is 43.5 Å². The SMILES string of the molecule is CCn1c(CC(=O)Nc2cccc(C)c2C)nnc1SCC(=O)Nc1ccc(OC)cc1. The van der Waals surface area contributed by atoms with Crippen LogP contribution in [0.1, 0.15) is 23.9 Å². The van der Waals surface area contributed by atoms with Crippen molar-refractivity contribution in [2.24, 2.45) is 0 Å². The van der Waals surface area contributed by atoms with Gasteiger partial charge in [-0.3, -0.25) is 9.59 Å². The number of carbonyl (C=O) groups is 2. The van der Waals surface area contributed by atoms with Crippen molar-refractivity contribution in [1.82, 2.24) is 14.8 Å². The Morgan fingerprint density at radius 2 is 1.78 bits per heavy atom. The van der Waals surface area contributed by atoms with Crippen LogP contribution in [0, 0.1) is 13.8 Å². The first-order valence-corrected chi connectivity index (χ1v) is 11.2. The van der Waals surface area contributed by atoms with Gasteiger partial charge in [0.05, 0.1) is 19.3 Å². The van der Waals surface area contributed by atoms with Gasteiger partial charge in [0, 0.05) is 17.9 Å². The largest absolute Gasteiger partial charge is 0.497 e. The summed E-state index contributed by atoms with van der Waals surface area (Å²) in [6.45, 7) is 6.54. The number of rotatable bonds is 9. The van der Waals surface area contributed by atoms with Crippen LogP contribution in [0.25, 0.3) is 0 Å². The van der Waals surface area contributed by atoms with Crippen molar-refractivity contribution in [1.29, 1.82) is 0 Å². The number of benzene rings is 2. The molecule has 0 aliphatic carbocycles. The Hall–Kier alpha value is -3.33. The summed E-state index contributed by atoms with van der Waals surface area (Å²) in [5.74, 6) is 1.16. The van der Waals surface area contributed by atoms with Gasteiger partial charge in [0.25, 0.3) is 0 Å². The van der Waals surface area contributed by atoms with E-state index in [1.54, 1.807) is 31.4 Å². The van der Waals surface area contributed by atoms with Gasteiger partial charge in [-0.05, 0) is 62.2 Å². The van der Waals surface area contributed by atoms with E-state index in [1.165, 1.54) is 11.8 Å². The molecule has 0 spiro atoms. The highest BCUT2D eigenvalue weighted by atomic mass is 32.2. The van der Waals surface area contributed by atoms with Crippen LogP contribution in [0.15, 0.2) is 47.6 Å². The number of ether oxygens (including phenoxy) is 1. The van der Waals surface area contributed by atoms with Crippen LogP contribution in [0.2, 0.25) is 0 Å². The highest BCUT2D eigenvalue weighted by Gasteiger charge is 2.16. The Morgan fingerprint density at radius 3 is 2.47 bits per heavy atom. The molecule has 3 aromatic rings. The molecule has 0 bridgehead atoms. The zero-order valence-corrected chi connectivity index (χ0v) is 19.5. The maximum atomic E-state index is 12.6. The van der Waals surface area contributed by atoms with Gasteiger partial charge in [0.15, 0.2) is 5.16 Å². The van der Waals surface area contributed by atoms with Crippen molar-refractivity contribution in [2.45, 2.75) is 38.9 Å². The number of amides is 2. The molecular weight excluding hydrogens is 426 g/mol. The molecule has 0 aliphatic rings. The van der Waals surface area contributed by atoms with Crippen LogP contribution >= 0.6 is 11.8 Å². The Bertz CT molecular complexity index is 1100. The van der Waals surface area contributed by atoms with Gasteiger partial charge in [0.1, 0.15) is 11.6 Å². The fourth-order valence-electron chi connectivity index (χ4n) is 3.10. The number of hydrogen-bond acceptors (Lipinski definition) is 6. The molecule has 0 saturated heterocycles. The van der Waals surface area contributed by atoms with E-state index in [0.29, 0.717) is 23.2 Å². The van der Waals surface area contributed by atoms with E-state index in [9.17, 15) is 9.59 Å². The molecule has 0 unspecified atom stereocenters. The van der Waals surface area contributed by atoms with Gasteiger partial charge >= 0.3 is 0 Å². The lowest BCUT2D eigenvalue weighted by Crippen LogP contribution is -2.18. The average molecular weight is 454 g/mol. The van der Waals surface area contributed by atoms with Gasteiger partial charge < -0.3 is 19.9 Å². The molecule has 168 valence electrons. The first-order valence-electron chi connectivity index (χ1n) is 10.3. The van der Waals surface area contributed by atoms with E-state index >= 15 is 0 Å². The number of anilines is 2. The third-order valence-electron chi connectivity index (χ3n) is 5.01. The van der Waals surface area contributed by atoms with E-state index in [4.69, 9.17) is 4.74 Å². The summed E-state index contributed by atoms with van der Waals surface area (Å²) < 4.78 is 6.97. The number of nitrogens with zero attached hydrogens (tertiary/aromatic N) is 3. The summed E-state index contributed by atoms with van der Waals surface area (Å²) in [5, 5.41) is 14.7. The zero-order chi connectivity index (χ0) is 23.1. The van der Waals surface area contributed by atoms with Crippen LogP contribution in [0.3, 0.4) is 0 Å². The van der Waals surface area contributed by atoms with Crippen molar-refractivity contribution in [3.05, 3.63) is 59.4 Å². The van der Waals surface area contributed by atoms with Crippen LogP contribution in [-0.4, -0.2) is 39.4 Å². The molecule has 0 atom stereocenters. The maximum Gasteiger partial charge on any atom is 0.234 e. The third-order valence-corrected chi connectivity index (χ3v) is 5.98. The van der Waals surface area contributed by atoms with E-state index in [-0.39, 0.29) is 24.0 Å². The minimum absolute atomic E-state index is 0.104. The predicted molar refractivity (Wildman–Crippen MR) is 126 cm³/mol. The smallest absolute Gasteiger partial charge is 0.234 e. The molecule has 2 aromatic carbocycles. The zero-order valence-electron chi connectivity index (χ0n) is 18.6. The Labute approximate surface area is 191 Å². The highest BCUT2D eigenvalue weighted by Crippen LogP contribution is 2.21. The normalized spacial score (nSPS) is 10.6. The maximum absolute atomic E-state index is 12.6. The van der Waals surface area contributed by atoms with Crippen LogP contribution in [-0.2, 0) is 22.6 Å². The summed E-state index contributed by atoms with van der Waals surface area (Å²) in [6, 6.07) is 12.9. The number of thioether (sulfide) groups is 1. The molecule has 1 heterocycles. The molecule has 0 saturated carbocycles. The molecule has 9 heteroatoms. The molecular formula is C23H27N5O3S. The molecule has 0 radical (unpaired) electrons. The fourth-order valence-corrected chi connectivity index (χ4v) is 3.92. The van der Waals surface area contributed by atoms with Gasteiger partial charge in [-0.1, -0.05) is 23.9 Å². The second-order valence-corrected chi connectivity index (χ2v) is 8.12. The Balaban J connectivity index is 1.58. The van der Waals surface area contributed by atoms with E-state index in [2.05, 4.69) is 20.8 Å². The highest BCUT2D eigenvalue weighted by molar-refractivity contribution is 7.99. The van der Waals surface area contributed by atoms with E-state index in [0.717, 1.165) is 22.6 Å². The van der Waals surface area contributed by atoms with Crippen LogP contribution < -0.4 is 15.4 Å². The molecule has 2 N–H and O–H groups in total. The summed E-state index contributed by atoms with van der Waals surface area (Å²) >= 11 is 1.28. The number of aromatic nitrogens is 3. The lowest BCUT2D eigenvalue weighted by atomic mass is 10.1. The van der Waals surface area contributed by atoms with Crippen molar-refractivity contribution < 1.29 is 14.3 Å². The number of nitrogens with one attached hydrogen (secondary N) is 2. The molecule has 32 heavy (non-hydrogen) atoms. The molecule has 2 amide bonds. The van der Waals surface area contributed by atoms with Crippen molar-refractivity contribution in [3.63, 3.8) is 0 Å². The van der Waals surface area contributed by atoms with Gasteiger partial charge in [-0.15, -0.1) is 10.2 Å². The lowest BCUT2D eigenvalue weighted by Gasteiger charge is -2.11. The minimum Gasteiger partial charge on any atom is -0.497 e. The van der Waals surface area contributed by atoms with Crippen molar-refractivity contribution in [2.75, 3.05) is 23.5 Å². The number of carbonyl (C=O) groups excluding carboxylic acids is 2. The Kier molecular flexibility index (Phi) is 7.88. The summed E-state index contributed by atoms with van der Waals surface area (Å²) in [5.41, 5.74) is 3.64. The summed E-state index contributed by atoms with van der Waals surface area (Å²) in [6.07, 6.45) is 0.104. The van der Waals surface area contributed by atoms with Gasteiger partial charge in [-0.25, -0.2) is 0 Å². The van der Waals surface area contributed by atoms with Crippen LogP contribution in [0.5, 0.6) is 5.75 Å². The number of aryl methyl sites for hydroxylation is 1. The molecule has 0 aliphatic heterocycles. The average Bonchev–Trinajstić information content (AvgIpc) is 3.17. The monoisotopic (exact) mass is 453 g/mol. The van der Waals surface area contributed by atoms with Gasteiger partial charge in [0.2, 0.25) is 11.8 Å². The van der Waals surface area contributed by atoms with E-state index < -0.39 is 0 Å². The first-order chi connectivity index (χ1) is 15.4. The lowest BCUT2D eigenvalue weighted by molar-refractivity contribution is -0.116. The van der Waals surface area contributed by atoms with Crippen molar-refractivity contribution >= 4 is 35.0 Å². The fraction of sp³-hybridized carbons (Fsp3) is 0.304. The van der Waals surface area contributed by atoms with Crippen LogP contribution in [0.4, 0.5) is 11.4 Å². The molecule has 0 fully saturated rings. The predicted octanol–water partition coefficient (Wildman–Crippen LogP) is 3.84. The van der Waals surface area contributed by atoms with Crippen molar-refractivity contribution in [3.8, 4) is 5.75 Å². The first kappa shape index (κ1) is 23.3. The number of hydrogen-bond donors (Lipinski definition) is 2. The summed E-state index contributed by atoms with van der Waals surface area (Å²) in [4.78, 5) is 24.9. The molecule has 3 rings (SSSR count). The standard InChI is InChI=1S/C23H27N5O3S/c1-5-28-20(13-21(29)25-19-8-6-7-15(2)16(19)3)26-27-23(28)32-14-22(30)24-17-9-11-18(31-4)12-10-17/h6-12H,5,13-14H2,1-4H3,(H,24,30)(H,25,29). The molecule has 8 nitrogen and oxygen atoms in total. The molecule has 1 aromatic heterocycles. The van der Waals surface area contributed by atoms with Gasteiger partial charge in [-0.2, -0.15) is 0 Å².